The number of non-ortho nitro benzene ring substituents is 1. The minimum atomic E-state index is -0.415. The fourth-order valence-corrected chi connectivity index (χ4v) is 1.66. The van der Waals surface area contributed by atoms with Crippen LogP contribution in [0.5, 0.6) is 0 Å². The molecule has 0 radical (unpaired) electrons. The first-order valence-electron chi connectivity index (χ1n) is 7.02. The summed E-state index contributed by atoms with van der Waals surface area (Å²) in [5, 5.41) is 16.9. The molecule has 0 aliphatic rings. The molecule has 0 heterocycles. The van der Waals surface area contributed by atoms with E-state index in [0.717, 1.165) is 18.5 Å². The molecule has 2 N–H and O–H groups in total. The summed E-state index contributed by atoms with van der Waals surface area (Å²) in [7, 11) is 1.67. The Labute approximate surface area is 153 Å². The summed E-state index contributed by atoms with van der Waals surface area (Å²) in [6.45, 7) is 6.14. The van der Waals surface area contributed by atoms with Gasteiger partial charge in [0.25, 0.3) is 5.69 Å². The predicted octanol–water partition coefficient (Wildman–Crippen LogP) is 2.47. The van der Waals surface area contributed by atoms with Crippen LogP contribution in [-0.4, -0.2) is 37.7 Å². The van der Waals surface area contributed by atoms with E-state index in [1.54, 1.807) is 25.3 Å². The van der Waals surface area contributed by atoms with Gasteiger partial charge < -0.3 is 15.4 Å². The van der Waals surface area contributed by atoms with Gasteiger partial charge in [0, 0.05) is 38.9 Å². The molecule has 0 bridgehead atoms. The van der Waals surface area contributed by atoms with E-state index in [1.807, 2.05) is 0 Å². The number of nitrogens with zero attached hydrogens (tertiary/aromatic N) is 2. The molecule has 0 unspecified atom stereocenters. The SMILES string of the molecule is C=CCNC(=NCc1ccc([N+](=O)[O-])cc1)NCCCOC.I. The molecular formula is C15H23IN4O3. The fourth-order valence-electron chi connectivity index (χ4n) is 1.66. The number of nitro groups is 1. The van der Waals surface area contributed by atoms with Crippen LogP contribution in [0, 0.1) is 10.1 Å². The van der Waals surface area contributed by atoms with Crippen molar-refractivity contribution in [3.05, 3.63) is 52.6 Å². The van der Waals surface area contributed by atoms with Crippen LogP contribution in [0.2, 0.25) is 0 Å². The Morgan fingerprint density at radius 1 is 1.39 bits per heavy atom. The van der Waals surface area contributed by atoms with Gasteiger partial charge in [-0.1, -0.05) is 18.2 Å². The summed E-state index contributed by atoms with van der Waals surface area (Å²) < 4.78 is 4.99. The molecular weight excluding hydrogens is 411 g/mol. The summed E-state index contributed by atoms with van der Waals surface area (Å²) in [6.07, 6.45) is 2.63. The number of rotatable bonds is 9. The number of halogens is 1. The maximum absolute atomic E-state index is 10.6. The van der Waals surface area contributed by atoms with Gasteiger partial charge in [0.2, 0.25) is 0 Å². The molecule has 7 nitrogen and oxygen atoms in total. The molecule has 0 fully saturated rings. The normalized spacial score (nSPS) is 10.6. The molecule has 0 amide bonds. The third-order valence-electron chi connectivity index (χ3n) is 2.80. The van der Waals surface area contributed by atoms with E-state index in [-0.39, 0.29) is 29.7 Å². The van der Waals surface area contributed by atoms with Crippen molar-refractivity contribution in [1.29, 1.82) is 0 Å². The zero-order chi connectivity index (χ0) is 16.2. The van der Waals surface area contributed by atoms with Crippen molar-refractivity contribution in [3.63, 3.8) is 0 Å². The summed E-state index contributed by atoms with van der Waals surface area (Å²) in [4.78, 5) is 14.6. The molecule has 1 aromatic carbocycles. The summed E-state index contributed by atoms with van der Waals surface area (Å²) >= 11 is 0. The lowest BCUT2D eigenvalue weighted by Gasteiger charge is -2.11. The van der Waals surface area contributed by atoms with Gasteiger partial charge in [0.15, 0.2) is 5.96 Å². The van der Waals surface area contributed by atoms with Crippen LogP contribution in [0.25, 0.3) is 0 Å². The number of benzene rings is 1. The van der Waals surface area contributed by atoms with Gasteiger partial charge in [-0.3, -0.25) is 10.1 Å². The van der Waals surface area contributed by atoms with Gasteiger partial charge in [-0.25, -0.2) is 4.99 Å². The summed E-state index contributed by atoms with van der Waals surface area (Å²) in [5.41, 5.74) is 0.984. The van der Waals surface area contributed by atoms with Crippen LogP contribution in [0.3, 0.4) is 0 Å². The van der Waals surface area contributed by atoms with Crippen molar-refractivity contribution in [3.8, 4) is 0 Å². The Morgan fingerprint density at radius 2 is 2.09 bits per heavy atom. The number of nitrogens with one attached hydrogen (secondary N) is 2. The van der Waals surface area contributed by atoms with E-state index in [9.17, 15) is 10.1 Å². The Balaban J connectivity index is 0.00000484. The first-order chi connectivity index (χ1) is 10.7. The topological polar surface area (TPSA) is 88.8 Å². The minimum Gasteiger partial charge on any atom is -0.385 e. The number of hydrogen-bond donors (Lipinski definition) is 2. The zero-order valence-electron chi connectivity index (χ0n) is 13.2. The maximum atomic E-state index is 10.6. The number of nitro benzene ring substituents is 1. The molecule has 0 aromatic heterocycles. The van der Waals surface area contributed by atoms with E-state index >= 15 is 0 Å². The van der Waals surface area contributed by atoms with E-state index in [2.05, 4.69) is 22.2 Å². The fraction of sp³-hybridized carbons (Fsp3) is 0.400. The zero-order valence-corrected chi connectivity index (χ0v) is 15.5. The van der Waals surface area contributed by atoms with E-state index in [4.69, 9.17) is 4.74 Å². The number of hydrogen-bond acceptors (Lipinski definition) is 4. The molecule has 0 saturated heterocycles. The second-order valence-corrected chi connectivity index (χ2v) is 4.53. The molecule has 0 aliphatic carbocycles. The first-order valence-corrected chi connectivity index (χ1v) is 7.02. The number of guanidine groups is 1. The van der Waals surface area contributed by atoms with Crippen LogP contribution in [-0.2, 0) is 11.3 Å². The molecule has 128 valence electrons. The Hall–Kier alpha value is -1.68. The van der Waals surface area contributed by atoms with Crippen LogP contribution in [0.1, 0.15) is 12.0 Å². The van der Waals surface area contributed by atoms with Gasteiger partial charge in [0.05, 0.1) is 11.5 Å². The average molecular weight is 434 g/mol. The molecule has 0 aliphatic heterocycles. The highest BCUT2D eigenvalue weighted by Gasteiger charge is 2.04. The van der Waals surface area contributed by atoms with Crippen LogP contribution >= 0.6 is 24.0 Å². The molecule has 0 spiro atoms. The Kier molecular flexibility index (Phi) is 11.9. The van der Waals surface area contributed by atoms with Gasteiger partial charge in [0.1, 0.15) is 0 Å². The van der Waals surface area contributed by atoms with Gasteiger partial charge >= 0.3 is 0 Å². The second kappa shape index (κ2) is 12.8. The van der Waals surface area contributed by atoms with Crippen molar-refractivity contribution in [2.75, 3.05) is 26.8 Å². The third kappa shape index (κ3) is 9.14. The molecule has 0 atom stereocenters. The van der Waals surface area contributed by atoms with Crippen molar-refractivity contribution in [1.82, 2.24) is 10.6 Å². The largest absolute Gasteiger partial charge is 0.385 e. The Morgan fingerprint density at radius 3 is 2.65 bits per heavy atom. The molecule has 1 aromatic rings. The van der Waals surface area contributed by atoms with Gasteiger partial charge in [-0.15, -0.1) is 30.6 Å². The van der Waals surface area contributed by atoms with Crippen LogP contribution in [0.4, 0.5) is 5.69 Å². The van der Waals surface area contributed by atoms with E-state index in [0.29, 0.717) is 25.7 Å². The third-order valence-corrected chi connectivity index (χ3v) is 2.80. The summed E-state index contributed by atoms with van der Waals surface area (Å²) in [5.74, 6) is 0.675. The number of methoxy groups -OCH3 is 1. The summed E-state index contributed by atoms with van der Waals surface area (Å²) in [6, 6.07) is 6.37. The standard InChI is InChI=1S/C15H22N4O3.HI/c1-3-9-16-15(17-10-4-11-22-2)18-12-13-5-7-14(8-6-13)19(20)21;/h3,5-8H,1,4,9-12H2,2H3,(H2,16,17,18);1H. The number of ether oxygens (including phenoxy) is 1. The molecule has 1 rings (SSSR count). The predicted molar refractivity (Wildman–Crippen MR) is 102 cm³/mol. The second-order valence-electron chi connectivity index (χ2n) is 4.53. The average Bonchev–Trinajstić information content (AvgIpc) is 2.53. The lowest BCUT2D eigenvalue weighted by molar-refractivity contribution is -0.384. The van der Waals surface area contributed by atoms with Crippen LogP contribution in [0.15, 0.2) is 41.9 Å². The lowest BCUT2D eigenvalue weighted by atomic mass is 10.2. The highest BCUT2D eigenvalue weighted by atomic mass is 127. The molecule has 0 saturated carbocycles. The van der Waals surface area contributed by atoms with Crippen LogP contribution < -0.4 is 10.6 Å². The van der Waals surface area contributed by atoms with Crippen molar-refractivity contribution < 1.29 is 9.66 Å². The smallest absolute Gasteiger partial charge is 0.269 e. The highest BCUT2D eigenvalue weighted by Crippen LogP contribution is 2.12. The van der Waals surface area contributed by atoms with E-state index < -0.39 is 4.92 Å². The maximum Gasteiger partial charge on any atom is 0.269 e. The number of aliphatic imine (C=N–C) groups is 1. The minimum absolute atomic E-state index is 0. The van der Waals surface area contributed by atoms with Gasteiger partial charge in [-0.2, -0.15) is 0 Å². The Bertz CT molecular complexity index is 506. The highest BCUT2D eigenvalue weighted by molar-refractivity contribution is 14.0. The van der Waals surface area contributed by atoms with E-state index in [1.165, 1.54) is 12.1 Å². The first kappa shape index (κ1) is 21.3. The van der Waals surface area contributed by atoms with Crippen molar-refractivity contribution >= 4 is 35.6 Å². The monoisotopic (exact) mass is 434 g/mol. The van der Waals surface area contributed by atoms with Gasteiger partial charge in [-0.05, 0) is 12.0 Å². The van der Waals surface area contributed by atoms with Crippen molar-refractivity contribution in [2.45, 2.75) is 13.0 Å². The quantitative estimate of drug-likeness (QED) is 0.119. The molecule has 23 heavy (non-hydrogen) atoms. The van der Waals surface area contributed by atoms with Crippen molar-refractivity contribution in [2.24, 2.45) is 4.99 Å². The molecule has 8 heteroatoms. The lowest BCUT2D eigenvalue weighted by Crippen LogP contribution is -2.38.